The molecule has 0 saturated heterocycles. The van der Waals surface area contributed by atoms with Crippen molar-refractivity contribution >= 4 is 75.1 Å². The fourth-order valence-electron chi connectivity index (χ4n) is 8.15. The van der Waals surface area contributed by atoms with Crippen molar-refractivity contribution in [2.24, 2.45) is 0 Å². The van der Waals surface area contributed by atoms with Crippen LogP contribution in [-0.2, 0) is 0 Å². The van der Waals surface area contributed by atoms with E-state index in [1.807, 2.05) is 11.3 Å². The maximum absolute atomic E-state index is 2.46. The van der Waals surface area contributed by atoms with Crippen LogP contribution in [0.3, 0.4) is 0 Å². The van der Waals surface area contributed by atoms with Gasteiger partial charge in [-0.05, 0) is 82.9 Å². The summed E-state index contributed by atoms with van der Waals surface area (Å²) in [6.45, 7) is 0. The summed E-state index contributed by atoms with van der Waals surface area (Å²) in [7, 11) is 0. The second kappa shape index (κ2) is 11.0. The van der Waals surface area contributed by atoms with Gasteiger partial charge < -0.3 is 9.13 Å². The van der Waals surface area contributed by atoms with Gasteiger partial charge in [-0.25, -0.2) is 0 Å². The minimum absolute atomic E-state index is 1.15. The van der Waals surface area contributed by atoms with Crippen LogP contribution in [0.5, 0.6) is 0 Å². The molecule has 3 heterocycles. The summed E-state index contributed by atoms with van der Waals surface area (Å²) in [5, 5.41) is 7.71. The predicted molar refractivity (Wildman–Crippen MR) is 219 cm³/mol. The van der Waals surface area contributed by atoms with Crippen LogP contribution in [0.4, 0.5) is 0 Å². The van der Waals surface area contributed by atoms with Gasteiger partial charge in [0.25, 0.3) is 0 Å². The predicted octanol–water partition coefficient (Wildman–Crippen LogP) is 13.6. The normalized spacial score (nSPS) is 11.9. The molecule has 0 amide bonds. The third-order valence-electron chi connectivity index (χ3n) is 10.5. The molecule has 11 aromatic rings. The van der Waals surface area contributed by atoms with Crippen molar-refractivity contribution in [2.75, 3.05) is 0 Å². The van der Waals surface area contributed by atoms with Gasteiger partial charge in [0.15, 0.2) is 0 Å². The highest BCUT2D eigenvalue weighted by molar-refractivity contribution is 7.25. The Labute approximate surface area is 298 Å². The van der Waals surface area contributed by atoms with E-state index in [1.165, 1.54) is 91.7 Å². The van der Waals surface area contributed by atoms with Gasteiger partial charge in [0, 0.05) is 53.1 Å². The van der Waals surface area contributed by atoms with Crippen molar-refractivity contribution in [1.82, 2.24) is 9.13 Å². The maximum atomic E-state index is 2.46. The summed E-state index contributed by atoms with van der Waals surface area (Å²) < 4.78 is 7.53. The van der Waals surface area contributed by atoms with Crippen LogP contribution in [0.1, 0.15) is 0 Å². The Bertz CT molecular complexity index is 3120. The number of aromatic nitrogens is 2. The molecule has 0 fully saturated rings. The highest BCUT2D eigenvalue weighted by Crippen LogP contribution is 2.41. The van der Waals surface area contributed by atoms with E-state index in [4.69, 9.17) is 0 Å². The van der Waals surface area contributed by atoms with Crippen molar-refractivity contribution in [1.29, 1.82) is 0 Å². The van der Waals surface area contributed by atoms with Crippen molar-refractivity contribution in [3.05, 3.63) is 182 Å². The van der Waals surface area contributed by atoms with Gasteiger partial charge >= 0.3 is 0 Å². The smallest absolute Gasteiger partial charge is 0.0562 e. The average molecular weight is 667 g/mol. The molecule has 3 aromatic heterocycles. The summed E-state index contributed by atoms with van der Waals surface area (Å²) in [6, 6.07) is 66.7. The van der Waals surface area contributed by atoms with E-state index in [2.05, 4.69) is 191 Å². The second-order valence-electron chi connectivity index (χ2n) is 13.4. The molecule has 0 atom stereocenters. The Morgan fingerprint density at radius 2 is 0.804 bits per heavy atom. The molecule has 0 bridgehead atoms. The Hall–Kier alpha value is -6.42. The van der Waals surface area contributed by atoms with Crippen molar-refractivity contribution < 1.29 is 0 Å². The van der Waals surface area contributed by atoms with Crippen molar-refractivity contribution in [3.63, 3.8) is 0 Å². The van der Waals surface area contributed by atoms with Crippen LogP contribution >= 0.6 is 11.3 Å². The highest BCUT2D eigenvalue weighted by Gasteiger charge is 2.19. The van der Waals surface area contributed by atoms with E-state index in [0.717, 1.165) is 5.69 Å². The molecule has 0 aliphatic heterocycles. The van der Waals surface area contributed by atoms with Gasteiger partial charge in [-0.2, -0.15) is 0 Å². The van der Waals surface area contributed by atoms with Gasteiger partial charge in [-0.15, -0.1) is 11.3 Å². The number of hydrogen-bond acceptors (Lipinski definition) is 1. The molecule has 51 heavy (non-hydrogen) atoms. The zero-order valence-corrected chi connectivity index (χ0v) is 28.4. The lowest BCUT2D eigenvalue weighted by Crippen LogP contribution is -1.96. The van der Waals surface area contributed by atoms with E-state index in [-0.39, 0.29) is 0 Å². The Morgan fingerprint density at radius 3 is 1.51 bits per heavy atom. The first-order valence-electron chi connectivity index (χ1n) is 17.4. The number of hydrogen-bond donors (Lipinski definition) is 0. The zero-order valence-electron chi connectivity index (χ0n) is 27.6. The number of rotatable bonds is 4. The van der Waals surface area contributed by atoms with Crippen molar-refractivity contribution in [2.45, 2.75) is 0 Å². The van der Waals surface area contributed by atoms with Gasteiger partial charge in [0.1, 0.15) is 0 Å². The molecule has 3 heteroatoms. The van der Waals surface area contributed by atoms with Gasteiger partial charge in [-0.3, -0.25) is 0 Å². The largest absolute Gasteiger partial charge is 0.309 e. The summed E-state index contributed by atoms with van der Waals surface area (Å²) in [4.78, 5) is 0. The van der Waals surface area contributed by atoms with Crippen LogP contribution in [0, 0.1) is 0 Å². The van der Waals surface area contributed by atoms with Crippen LogP contribution in [0.2, 0.25) is 0 Å². The quantitative estimate of drug-likeness (QED) is 0.177. The third kappa shape index (κ3) is 4.35. The number of benzene rings is 8. The average Bonchev–Trinajstić information content (AvgIpc) is 3.84. The monoisotopic (exact) mass is 666 g/mol. The molecule has 0 saturated carbocycles. The topological polar surface area (TPSA) is 9.86 Å². The zero-order chi connectivity index (χ0) is 33.5. The molecule has 0 radical (unpaired) electrons. The van der Waals surface area contributed by atoms with Crippen LogP contribution in [0.25, 0.3) is 97.4 Å². The molecule has 11 rings (SSSR count). The van der Waals surface area contributed by atoms with E-state index < -0.39 is 0 Å². The Balaban J connectivity index is 1.11. The first kappa shape index (κ1) is 28.4. The number of para-hydroxylation sites is 2. The summed E-state index contributed by atoms with van der Waals surface area (Å²) >= 11 is 1.87. The van der Waals surface area contributed by atoms with E-state index in [1.54, 1.807) is 0 Å². The molecular weight excluding hydrogens is 637 g/mol. The maximum Gasteiger partial charge on any atom is 0.0562 e. The molecule has 0 aliphatic carbocycles. The van der Waals surface area contributed by atoms with Crippen molar-refractivity contribution in [3.8, 4) is 33.6 Å². The number of nitrogens with zero attached hydrogens (tertiary/aromatic N) is 2. The van der Waals surface area contributed by atoms with Gasteiger partial charge in [0.2, 0.25) is 0 Å². The molecule has 238 valence electrons. The van der Waals surface area contributed by atoms with Gasteiger partial charge in [-0.1, -0.05) is 121 Å². The fourth-order valence-corrected chi connectivity index (χ4v) is 9.29. The third-order valence-corrected chi connectivity index (χ3v) is 11.6. The molecule has 0 spiro atoms. The lowest BCUT2D eigenvalue weighted by molar-refractivity contribution is 1.17. The van der Waals surface area contributed by atoms with Crippen LogP contribution in [-0.4, -0.2) is 9.13 Å². The molecule has 0 aliphatic rings. The molecule has 0 unspecified atom stereocenters. The van der Waals surface area contributed by atoms with Crippen LogP contribution in [0.15, 0.2) is 182 Å². The van der Waals surface area contributed by atoms with Crippen LogP contribution < -0.4 is 0 Å². The molecule has 8 aromatic carbocycles. The summed E-state index contributed by atoms with van der Waals surface area (Å²) in [6.07, 6.45) is 0. The molecule has 2 nitrogen and oxygen atoms in total. The summed E-state index contributed by atoms with van der Waals surface area (Å²) in [5.41, 5.74) is 12.1. The van der Waals surface area contributed by atoms with E-state index in [9.17, 15) is 0 Å². The second-order valence-corrected chi connectivity index (χ2v) is 14.4. The molecule has 0 N–H and O–H groups in total. The number of fused-ring (bicyclic) bond motifs is 9. The Kier molecular flexibility index (Phi) is 6.16. The van der Waals surface area contributed by atoms with E-state index >= 15 is 0 Å². The lowest BCUT2D eigenvalue weighted by Gasteiger charge is -2.11. The standard InChI is InChI=1S/C48H30N2S/c1-2-11-31(12-3-1)33-13-10-14-34(27-33)32-21-23-35(24-22-32)49-43-18-7-4-15-37(43)41-29-42-38-16-5-8-19-44(38)50(46(42)30-45(41)49)36-25-26-40-39-17-6-9-20-47(39)51-48(40)28-36/h1-30H. The number of thiophene rings is 1. The lowest BCUT2D eigenvalue weighted by atomic mass is 9.99. The fraction of sp³-hybridized carbons (Fsp3) is 0. The first-order chi connectivity index (χ1) is 25.3. The first-order valence-corrected chi connectivity index (χ1v) is 18.2. The highest BCUT2D eigenvalue weighted by atomic mass is 32.1. The van der Waals surface area contributed by atoms with E-state index in [0.29, 0.717) is 0 Å². The SMILES string of the molecule is c1ccc(-c2cccc(-c3ccc(-n4c5ccccc5c5cc6c7ccccc7n(-c7ccc8c(c7)sc7ccccc78)c6cc54)cc3)c2)cc1. The Morgan fingerprint density at radius 1 is 0.275 bits per heavy atom. The summed E-state index contributed by atoms with van der Waals surface area (Å²) in [5.74, 6) is 0. The minimum Gasteiger partial charge on any atom is -0.309 e. The van der Waals surface area contributed by atoms with Gasteiger partial charge in [0.05, 0.1) is 22.1 Å². The minimum atomic E-state index is 1.15. The molecular formula is C48H30N2S.